The maximum Gasteiger partial charge on any atom is 0.340 e. The van der Waals surface area contributed by atoms with Crippen LogP contribution in [0, 0.1) is 6.92 Å². The first-order valence-electron chi connectivity index (χ1n) is 8.32. The number of benzene rings is 1. The molecular formula is C19H22N2O5. The number of aromatic amines is 1. The van der Waals surface area contributed by atoms with Crippen molar-refractivity contribution >= 4 is 17.7 Å². The Morgan fingerprint density at radius 1 is 1.23 bits per heavy atom. The topological polar surface area (TPSA) is 108 Å². The highest BCUT2D eigenvalue weighted by molar-refractivity contribution is 6.43. The van der Waals surface area contributed by atoms with Crippen LogP contribution in [0.5, 0.6) is 0 Å². The fraction of sp³-hybridized carbons (Fsp3) is 0.316. The quantitative estimate of drug-likeness (QED) is 0.398. The lowest BCUT2D eigenvalue weighted by Crippen LogP contribution is -2.36. The number of aromatic nitrogens is 1. The van der Waals surface area contributed by atoms with E-state index in [4.69, 9.17) is 4.74 Å². The van der Waals surface area contributed by atoms with E-state index in [0.717, 1.165) is 0 Å². The van der Waals surface area contributed by atoms with Crippen molar-refractivity contribution in [1.29, 1.82) is 0 Å². The van der Waals surface area contributed by atoms with E-state index >= 15 is 0 Å². The Morgan fingerprint density at radius 2 is 1.88 bits per heavy atom. The summed E-state index contributed by atoms with van der Waals surface area (Å²) in [6, 6.07) is 8.85. The molecule has 1 aromatic carbocycles. The summed E-state index contributed by atoms with van der Waals surface area (Å²) >= 11 is 0. The fourth-order valence-corrected chi connectivity index (χ4v) is 2.58. The van der Waals surface area contributed by atoms with Gasteiger partial charge in [0, 0.05) is 17.8 Å². The standard InChI is InChI=1S/C19H22N2O5/c1-4-26-19(25)14-12(3)21-16(15(14)13-8-6-5-7-9-13)17(23)18(24)20-10-11(2)22/h5-9,11,21-22H,4,10H2,1-3H3,(H,20,24)/t11-/m0/s1. The fourth-order valence-electron chi connectivity index (χ4n) is 2.58. The second-order valence-electron chi connectivity index (χ2n) is 5.85. The summed E-state index contributed by atoms with van der Waals surface area (Å²) in [5, 5.41) is 11.6. The van der Waals surface area contributed by atoms with Crippen molar-refractivity contribution in [2.24, 2.45) is 0 Å². The van der Waals surface area contributed by atoms with Crippen LogP contribution in [0.1, 0.15) is 40.4 Å². The number of aliphatic hydroxyl groups is 1. The summed E-state index contributed by atoms with van der Waals surface area (Å²) in [6.45, 7) is 4.98. The molecule has 26 heavy (non-hydrogen) atoms. The Balaban J connectivity index is 2.53. The normalized spacial score (nSPS) is 11.7. The molecule has 3 N–H and O–H groups in total. The van der Waals surface area contributed by atoms with Crippen molar-refractivity contribution < 1.29 is 24.2 Å². The lowest BCUT2D eigenvalue weighted by atomic mass is 9.98. The number of aryl methyl sites for hydroxylation is 1. The van der Waals surface area contributed by atoms with Gasteiger partial charge in [-0.25, -0.2) is 4.79 Å². The monoisotopic (exact) mass is 358 g/mol. The number of carbonyl (C=O) groups excluding carboxylic acids is 3. The van der Waals surface area contributed by atoms with Gasteiger partial charge in [-0.3, -0.25) is 9.59 Å². The Labute approximate surface area is 151 Å². The third-order valence-electron chi connectivity index (χ3n) is 3.72. The summed E-state index contributed by atoms with van der Waals surface area (Å²) in [6.07, 6.45) is -0.777. The molecule has 0 aliphatic rings. The highest BCUT2D eigenvalue weighted by Gasteiger charge is 2.29. The van der Waals surface area contributed by atoms with Crippen LogP contribution in [-0.2, 0) is 9.53 Å². The van der Waals surface area contributed by atoms with E-state index in [-0.39, 0.29) is 24.4 Å². The van der Waals surface area contributed by atoms with Crippen LogP contribution in [0.4, 0.5) is 0 Å². The summed E-state index contributed by atoms with van der Waals surface area (Å²) in [5.74, 6) is -2.24. The van der Waals surface area contributed by atoms with Gasteiger partial charge in [0.05, 0.1) is 18.3 Å². The van der Waals surface area contributed by atoms with E-state index in [1.807, 2.05) is 6.07 Å². The number of hydrogen-bond donors (Lipinski definition) is 3. The van der Waals surface area contributed by atoms with Gasteiger partial charge in [-0.2, -0.15) is 0 Å². The van der Waals surface area contributed by atoms with E-state index < -0.39 is 23.8 Å². The van der Waals surface area contributed by atoms with Crippen molar-refractivity contribution in [3.05, 3.63) is 47.3 Å². The van der Waals surface area contributed by atoms with Gasteiger partial charge in [-0.1, -0.05) is 30.3 Å². The summed E-state index contributed by atoms with van der Waals surface area (Å²) in [7, 11) is 0. The number of esters is 1. The molecule has 7 nitrogen and oxygen atoms in total. The second-order valence-corrected chi connectivity index (χ2v) is 5.85. The molecule has 1 heterocycles. The SMILES string of the molecule is CCOC(=O)c1c(C)[nH]c(C(=O)C(=O)NC[C@H](C)O)c1-c1ccccc1. The zero-order valence-corrected chi connectivity index (χ0v) is 15.0. The van der Waals surface area contributed by atoms with E-state index in [1.54, 1.807) is 38.1 Å². The van der Waals surface area contributed by atoms with E-state index in [0.29, 0.717) is 16.8 Å². The summed E-state index contributed by atoms with van der Waals surface area (Å²) < 4.78 is 5.10. The lowest BCUT2D eigenvalue weighted by molar-refractivity contribution is -0.117. The predicted molar refractivity (Wildman–Crippen MR) is 95.9 cm³/mol. The number of ether oxygens (including phenoxy) is 1. The Kier molecular flexibility index (Phi) is 6.30. The third-order valence-corrected chi connectivity index (χ3v) is 3.72. The van der Waals surface area contributed by atoms with Crippen molar-refractivity contribution in [2.45, 2.75) is 26.9 Å². The number of amides is 1. The highest BCUT2D eigenvalue weighted by atomic mass is 16.5. The number of H-pyrrole nitrogens is 1. The minimum Gasteiger partial charge on any atom is -0.462 e. The number of carbonyl (C=O) groups is 3. The van der Waals surface area contributed by atoms with Gasteiger partial charge in [0.25, 0.3) is 11.7 Å². The molecule has 0 aliphatic heterocycles. The zero-order chi connectivity index (χ0) is 19.3. The first kappa shape index (κ1) is 19.4. The van der Waals surface area contributed by atoms with Gasteiger partial charge in [0.15, 0.2) is 0 Å². The first-order valence-corrected chi connectivity index (χ1v) is 8.32. The van der Waals surface area contributed by atoms with Crippen LogP contribution in [0.25, 0.3) is 11.1 Å². The Hall–Kier alpha value is -2.93. The number of nitrogens with one attached hydrogen (secondary N) is 2. The van der Waals surface area contributed by atoms with Gasteiger partial charge in [-0.15, -0.1) is 0 Å². The van der Waals surface area contributed by atoms with Crippen LogP contribution in [0.15, 0.2) is 30.3 Å². The molecule has 0 radical (unpaired) electrons. The molecule has 0 spiro atoms. The molecule has 0 fully saturated rings. The molecule has 0 saturated carbocycles. The van der Waals surface area contributed by atoms with Crippen LogP contribution in [-0.4, -0.2) is 47.0 Å². The minimum absolute atomic E-state index is 0.0137. The molecule has 2 rings (SSSR count). The summed E-state index contributed by atoms with van der Waals surface area (Å²) in [4.78, 5) is 40.0. The molecule has 0 saturated heterocycles. The van der Waals surface area contributed by atoms with Gasteiger partial charge in [0.2, 0.25) is 0 Å². The average Bonchev–Trinajstić information content (AvgIpc) is 2.97. The molecule has 138 valence electrons. The van der Waals surface area contributed by atoms with Gasteiger partial charge >= 0.3 is 5.97 Å². The summed E-state index contributed by atoms with van der Waals surface area (Å²) in [5.41, 5.74) is 1.63. The number of ketones is 1. The third kappa shape index (κ3) is 4.18. The smallest absolute Gasteiger partial charge is 0.340 e. The molecule has 1 aromatic heterocycles. The average molecular weight is 358 g/mol. The van der Waals surface area contributed by atoms with E-state index in [9.17, 15) is 19.5 Å². The number of aliphatic hydroxyl groups excluding tert-OH is 1. The van der Waals surface area contributed by atoms with Crippen molar-refractivity contribution in [3.63, 3.8) is 0 Å². The number of Topliss-reactive ketones (excluding diaryl/α,β-unsaturated/α-hetero) is 1. The van der Waals surface area contributed by atoms with Gasteiger partial charge in [0.1, 0.15) is 5.69 Å². The van der Waals surface area contributed by atoms with Crippen LogP contribution in [0.2, 0.25) is 0 Å². The first-order chi connectivity index (χ1) is 12.4. The van der Waals surface area contributed by atoms with Crippen molar-refractivity contribution in [2.75, 3.05) is 13.2 Å². The lowest BCUT2D eigenvalue weighted by Gasteiger charge is -2.09. The van der Waals surface area contributed by atoms with Crippen LogP contribution < -0.4 is 5.32 Å². The molecule has 0 aliphatic carbocycles. The minimum atomic E-state index is -0.861. The van der Waals surface area contributed by atoms with Gasteiger partial charge in [-0.05, 0) is 26.3 Å². The highest BCUT2D eigenvalue weighted by Crippen LogP contribution is 2.31. The van der Waals surface area contributed by atoms with Crippen LogP contribution >= 0.6 is 0 Å². The molecule has 7 heteroatoms. The molecule has 0 bridgehead atoms. The number of rotatable bonds is 7. The second kappa shape index (κ2) is 8.44. The molecule has 1 amide bonds. The van der Waals surface area contributed by atoms with Gasteiger partial charge < -0.3 is 20.1 Å². The Morgan fingerprint density at radius 3 is 2.46 bits per heavy atom. The predicted octanol–water partition coefficient (Wildman–Crippen LogP) is 1.85. The van der Waals surface area contributed by atoms with E-state index in [2.05, 4.69) is 10.3 Å². The van der Waals surface area contributed by atoms with Crippen molar-refractivity contribution in [3.8, 4) is 11.1 Å². The zero-order valence-electron chi connectivity index (χ0n) is 15.0. The van der Waals surface area contributed by atoms with E-state index in [1.165, 1.54) is 6.92 Å². The largest absolute Gasteiger partial charge is 0.462 e. The molecule has 2 aromatic rings. The Bertz CT molecular complexity index is 809. The van der Waals surface area contributed by atoms with Crippen molar-refractivity contribution in [1.82, 2.24) is 10.3 Å². The maximum absolute atomic E-state index is 12.6. The molecular weight excluding hydrogens is 336 g/mol. The van der Waals surface area contributed by atoms with Crippen LogP contribution in [0.3, 0.4) is 0 Å². The number of hydrogen-bond acceptors (Lipinski definition) is 5. The molecule has 1 atom stereocenters. The molecule has 0 unspecified atom stereocenters. The maximum atomic E-state index is 12.6.